The van der Waals surface area contributed by atoms with Gasteiger partial charge in [0.1, 0.15) is 5.75 Å². The Kier molecular flexibility index (Phi) is 8.15. The smallest absolute Gasteiger partial charge is 0.257 e. The second-order valence-corrected chi connectivity index (χ2v) is 7.34. The summed E-state index contributed by atoms with van der Waals surface area (Å²) in [4.78, 5) is 25.8. The number of hydrogen-bond acceptors (Lipinski definition) is 4. The van der Waals surface area contributed by atoms with Crippen LogP contribution in [0.3, 0.4) is 0 Å². The molecule has 2 aromatic carbocycles. The standard InChI is InChI=1S/C22H27N3O3S/c1-5-15(2)28-19-8-6-7-17(14-19)21(27)24-22(29)23-18-11-9-16(10-12-18)13-20(26)25(3)4/h6-12,14-15H,5,13H2,1-4H3,(H2,23,24,27,29). The van der Waals surface area contributed by atoms with Crippen LogP contribution in [0.25, 0.3) is 0 Å². The first-order valence-electron chi connectivity index (χ1n) is 9.46. The van der Waals surface area contributed by atoms with Gasteiger partial charge >= 0.3 is 0 Å². The summed E-state index contributed by atoms with van der Waals surface area (Å²) in [6.45, 7) is 4.02. The van der Waals surface area contributed by atoms with Crippen LogP contribution in [0.4, 0.5) is 5.69 Å². The van der Waals surface area contributed by atoms with Gasteiger partial charge in [-0.05, 0) is 61.5 Å². The maximum Gasteiger partial charge on any atom is 0.257 e. The molecule has 0 saturated heterocycles. The lowest BCUT2D eigenvalue weighted by Crippen LogP contribution is -2.34. The summed E-state index contributed by atoms with van der Waals surface area (Å²) in [5, 5.41) is 5.84. The number of anilines is 1. The topological polar surface area (TPSA) is 70.7 Å². The quantitative estimate of drug-likeness (QED) is 0.679. The van der Waals surface area contributed by atoms with Gasteiger partial charge < -0.3 is 15.0 Å². The number of carbonyl (C=O) groups excluding carboxylic acids is 2. The molecule has 0 aliphatic heterocycles. The van der Waals surface area contributed by atoms with Crippen molar-refractivity contribution in [2.45, 2.75) is 32.8 Å². The number of hydrogen-bond donors (Lipinski definition) is 2. The number of nitrogens with one attached hydrogen (secondary N) is 2. The van der Waals surface area contributed by atoms with Crippen molar-refractivity contribution in [3.8, 4) is 5.75 Å². The number of benzene rings is 2. The van der Waals surface area contributed by atoms with Crippen molar-refractivity contribution in [3.05, 3.63) is 59.7 Å². The Balaban J connectivity index is 1.92. The highest BCUT2D eigenvalue weighted by Gasteiger charge is 2.11. The van der Waals surface area contributed by atoms with Crippen LogP contribution in [-0.4, -0.2) is 42.0 Å². The van der Waals surface area contributed by atoms with E-state index in [-0.39, 0.29) is 23.0 Å². The summed E-state index contributed by atoms with van der Waals surface area (Å²) < 4.78 is 5.75. The number of ether oxygens (including phenoxy) is 1. The molecule has 0 heterocycles. The second-order valence-electron chi connectivity index (χ2n) is 6.93. The van der Waals surface area contributed by atoms with Gasteiger partial charge in [-0.3, -0.25) is 14.9 Å². The molecule has 0 bridgehead atoms. The molecule has 0 fully saturated rings. The van der Waals surface area contributed by atoms with Crippen LogP contribution in [0.2, 0.25) is 0 Å². The Morgan fingerprint density at radius 1 is 1.14 bits per heavy atom. The van der Waals surface area contributed by atoms with Gasteiger partial charge in [0.25, 0.3) is 5.91 Å². The zero-order valence-corrected chi connectivity index (χ0v) is 18.0. The lowest BCUT2D eigenvalue weighted by molar-refractivity contribution is -0.127. The Labute approximate surface area is 177 Å². The molecule has 154 valence electrons. The van der Waals surface area contributed by atoms with E-state index in [1.165, 1.54) is 0 Å². The summed E-state index contributed by atoms with van der Waals surface area (Å²) in [5.74, 6) is 0.368. The van der Waals surface area contributed by atoms with Gasteiger partial charge in [-0.15, -0.1) is 0 Å². The highest BCUT2D eigenvalue weighted by Crippen LogP contribution is 2.16. The molecule has 7 heteroatoms. The van der Waals surface area contributed by atoms with Gasteiger partial charge in [0.05, 0.1) is 12.5 Å². The fraction of sp³-hybridized carbons (Fsp3) is 0.318. The SMILES string of the molecule is CCC(C)Oc1cccc(C(=O)NC(=S)Nc2ccc(CC(=O)N(C)C)cc2)c1. The van der Waals surface area contributed by atoms with Crippen molar-refractivity contribution in [3.63, 3.8) is 0 Å². The molecule has 1 unspecified atom stereocenters. The summed E-state index contributed by atoms with van der Waals surface area (Å²) in [7, 11) is 3.46. The van der Waals surface area contributed by atoms with Crippen molar-refractivity contribution in [2.24, 2.45) is 0 Å². The van der Waals surface area contributed by atoms with Gasteiger partial charge in [-0.2, -0.15) is 0 Å². The predicted molar refractivity (Wildman–Crippen MR) is 119 cm³/mol. The van der Waals surface area contributed by atoms with E-state index in [4.69, 9.17) is 17.0 Å². The van der Waals surface area contributed by atoms with Crippen LogP contribution >= 0.6 is 12.2 Å². The first-order valence-corrected chi connectivity index (χ1v) is 9.87. The van der Waals surface area contributed by atoms with E-state index in [9.17, 15) is 9.59 Å². The number of rotatable bonds is 7. The normalized spacial score (nSPS) is 11.3. The van der Waals surface area contributed by atoms with Crippen LogP contribution in [0.15, 0.2) is 48.5 Å². The van der Waals surface area contributed by atoms with E-state index in [1.54, 1.807) is 37.2 Å². The molecule has 0 radical (unpaired) electrons. The van der Waals surface area contributed by atoms with Crippen LogP contribution in [0, 0.1) is 0 Å². The van der Waals surface area contributed by atoms with Crippen molar-refractivity contribution in [2.75, 3.05) is 19.4 Å². The summed E-state index contributed by atoms with van der Waals surface area (Å²) in [6.07, 6.45) is 1.29. The first-order chi connectivity index (χ1) is 13.8. The fourth-order valence-corrected chi connectivity index (χ4v) is 2.61. The van der Waals surface area contributed by atoms with Gasteiger partial charge in [0, 0.05) is 25.3 Å². The van der Waals surface area contributed by atoms with Crippen molar-refractivity contribution < 1.29 is 14.3 Å². The fourth-order valence-electron chi connectivity index (χ4n) is 2.40. The third-order valence-electron chi connectivity index (χ3n) is 4.30. The molecule has 0 aliphatic rings. The lowest BCUT2D eigenvalue weighted by Gasteiger charge is -2.14. The molecule has 29 heavy (non-hydrogen) atoms. The van der Waals surface area contributed by atoms with Gasteiger partial charge in [0.15, 0.2) is 5.11 Å². The number of amides is 2. The molecule has 0 aromatic heterocycles. The van der Waals surface area contributed by atoms with Gasteiger partial charge in [0.2, 0.25) is 5.91 Å². The molecule has 0 aliphatic carbocycles. The van der Waals surface area contributed by atoms with Crippen LogP contribution in [-0.2, 0) is 11.2 Å². The Bertz CT molecular complexity index is 866. The summed E-state index contributed by atoms with van der Waals surface area (Å²) >= 11 is 5.24. The molecule has 2 aromatic rings. The van der Waals surface area contributed by atoms with Crippen LogP contribution in [0.5, 0.6) is 5.75 Å². The third-order valence-corrected chi connectivity index (χ3v) is 4.51. The van der Waals surface area contributed by atoms with E-state index in [2.05, 4.69) is 10.6 Å². The summed E-state index contributed by atoms with van der Waals surface area (Å²) in [6, 6.07) is 14.3. The van der Waals surface area contributed by atoms with E-state index in [1.807, 2.05) is 44.2 Å². The van der Waals surface area contributed by atoms with Gasteiger partial charge in [-0.1, -0.05) is 25.1 Å². The van der Waals surface area contributed by atoms with Crippen molar-refractivity contribution in [1.82, 2.24) is 10.2 Å². The minimum atomic E-state index is -0.315. The molecule has 6 nitrogen and oxygen atoms in total. The van der Waals surface area contributed by atoms with E-state index >= 15 is 0 Å². The maximum absolute atomic E-state index is 12.5. The number of carbonyl (C=O) groups is 2. The second kappa shape index (κ2) is 10.6. The minimum absolute atomic E-state index is 0.0352. The molecular weight excluding hydrogens is 386 g/mol. The predicted octanol–water partition coefficient (Wildman–Crippen LogP) is 3.62. The molecule has 2 N–H and O–H groups in total. The monoisotopic (exact) mass is 413 g/mol. The number of thiocarbonyl (C=S) groups is 1. The largest absolute Gasteiger partial charge is 0.491 e. The average molecular weight is 414 g/mol. The minimum Gasteiger partial charge on any atom is -0.491 e. The first kappa shape index (κ1) is 22.4. The molecule has 2 amide bonds. The molecule has 1 atom stereocenters. The van der Waals surface area contributed by atoms with E-state index < -0.39 is 0 Å². The Morgan fingerprint density at radius 3 is 2.45 bits per heavy atom. The number of nitrogens with zero attached hydrogens (tertiary/aromatic N) is 1. The van der Waals surface area contributed by atoms with Crippen molar-refractivity contribution in [1.29, 1.82) is 0 Å². The molecule has 0 spiro atoms. The third kappa shape index (κ3) is 7.19. The van der Waals surface area contributed by atoms with Gasteiger partial charge in [-0.25, -0.2) is 0 Å². The zero-order valence-electron chi connectivity index (χ0n) is 17.2. The highest BCUT2D eigenvalue weighted by molar-refractivity contribution is 7.80. The average Bonchev–Trinajstić information content (AvgIpc) is 2.69. The van der Waals surface area contributed by atoms with Crippen LogP contribution < -0.4 is 15.4 Å². The Morgan fingerprint density at radius 2 is 1.83 bits per heavy atom. The Hall–Kier alpha value is -2.93. The number of likely N-dealkylation sites (N-methyl/N-ethyl adjacent to an activating group) is 1. The zero-order chi connectivity index (χ0) is 21.4. The molecular formula is C22H27N3O3S. The summed E-state index contributed by atoms with van der Waals surface area (Å²) in [5.41, 5.74) is 2.10. The maximum atomic E-state index is 12.5. The highest BCUT2D eigenvalue weighted by atomic mass is 32.1. The molecule has 0 saturated carbocycles. The van der Waals surface area contributed by atoms with E-state index in [0.717, 1.165) is 17.7 Å². The van der Waals surface area contributed by atoms with Crippen LogP contribution in [0.1, 0.15) is 36.2 Å². The molecule has 2 rings (SSSR count). The lowest BCUT2D eigenvalue weighted by atomic mass is 10.1. The van der Waals surface area contributed by atoms with Crippen molar-refractivity contribution >= 4 is 34.8 Å². The van der Waals surface area contributed by atoms with E-state index in [0.29, 0.717) is 17.7 Å².